The minimum atomic E-state index is -0.898. The van der Waals surface area contributed by atoms with E-state index < -0.39 is 24.8 Å². The Labute approximate surface area is 139 Å². The van der Waals surface area contributed by atoms with Crippen LogP contribution in [0.2, 0.25) is 0 Å². The second-order valence-corrected chi connectivity index (χ2v) is 5.78. The summed E-state index contributed by atoms with van der Waals surface area (Å²) in [6.45, 7) is 0.345. The van der Waals surface area contributed by atoms with Crippen LogP contribution in [-0.4, -0.2) is 71.1 Å². The van der Waals surface area contributed by atoms with Crippen LogP contribution in [0.4, 0.5) is 4.79 Å². The van der Waals surface area contributed by atoms with Gasteiger partial charge in [0, 0.05) is 13.1 Å². The molecule has 2 aliphatic heterocycles. The van der Waals surface area contributed by atoms with Crippen LogP contribution in [0.5, 0.6) is 0 Å². The lowest BCUT2D eigenvalue weighted by atomic mass is 10.0. The Morgan fingerprint density at radius 3 is 2.71 bits per heavy atom. The first kappa shape index (κ1) is 16.3. The summed E-state index contributed by atoms with van der Waals surface area (Å²) in [6, 6.07) is 7.67. The highest BCUT2D eigenvalue weighted by molar-refractivity contribution is 5.97. The molecule has 8 nitrogen and oxygen atoms in total. The van der Waals surface area contributed by atoms with Crippen molar-refractivity contribution in [2.24, 2.45) is 0 Å². The number of aliphatic hydroxyl groups excluding tert-OH is 1. The summed E-state index contributed by atoms with van der Waals surface area (Å²) >= 11 is 0. The number of ether oxygens (including phenoxy) is 1. The van der Waals surface area contributed by atoms with Crippen molar-refractivity contribution in [2.75, 3.05) is 26.2 Å². The average Bonchev–Trinajstić information content (AvgIpc) is 2.63. The second-order valence-electron chi connectivity index (χ2n) is 5.78. The fraction of sp³-hybridized carbons (Fsp3) is 0.438. The van der Waals surface area contributed by atoms with Gasteiger partial charge in [-0.3, -0.25) is 9.59 Å². The summed E-state index contributed by atoms with van der Waals surface area (Å²) in [7, 11) is 0. The molecule has 24 heavy (non-hydrogen) atoms. The fourth-order valence-corrected chi connectivity index (χ4v) is 2.90. The molecule has 1 aromatic rings. The highest BCUT2D eigenvalue weighted by atomic mass is 16.6. The van der Waals surface area contributed by atoms with Crippen molar-refractivity contribution >= 4 is 17.9 Å². The van der Waals surface area contributed by atoms with Gasteiger partial charge in [-0.05, 0) is 5.56 Å². The molecular formula is C16H19N3O5. The number of nitrogens with zero attached hydrogens (tertiary/aromatic N) is 2. The number of carbonyl (C=O) groups is 3. The minimum Gasteiger partial charge on any atom is -0.445 e. The number of benzene rings is 1. The zero-order valence-corrected chi connectivity index (χ0v) is 13.1. The van der Waals surface area contributed by atoms with E-state index in [9.17, 15) is 14.4 Å². The van der Waals surface area contributed by atoms with Crippen LogP contribution in [0, 0.1) is 0 Å². The van der Waals surface area contributed by atoms with Gasteiger partial charge in [-0.1, -0.05) is 30.3 Å². The highest BCUT2D eigenvalue weighted by Gasteiger charge is 2.44. The molecule has 0 unspecified atom stereocenters. The van der Waals surface area contributed by atoms with Crippen molar-refractivity contribution in [3.05, 3.63) is 35.9 Å². The largest absolute Gasteiger partial charge is 0.445 e. The van der Waals surface area contributed by atoms with E-state index in [-0.39, 0.29) is 31.5 Å². The van der Waals surface area contributed by atoms with E-state index in [0.717, 1.165) is 5.56 Å². The molecule has 3 amide bonds. The second kappa shape index (κ2) is 6.88. The maximum absolute atomic E-state index is 12.2. The molecule has 0 saturated carbocycles. The molecule has 0 spiro atoms. The Hall–Kier alpha value is -2.61. The van der Waals surface area contributed by atoms with E-state index in [4.69, 9.17) is 9.84 Å². The Morgan fingerprint density at radius 2 is 2.00 bits per heavy atom. The molecule has 0 bridgehead atoms. The molecule has 2 N–H and O–H groups in total. The molecule has 2 atom stereocenters. The van der Waals surface area contributed by atoms with Gasteiger partial charge in [0.25, 0.3) is 0 Å². The lowest BCUT2D eigenvalue weighted by Crippen LogP contribution is -2.70. The summed E-state index contributed by atoms with van der Waals surface area (Å²) < 4.78 is 5.26. The van der Waals surface area contributed by atoms with Gasteiger partial charge in [-0.2, -0.15) is 0 Å². The zero-order chi connectivity index (χ0) is 17.1. The van der Waals surface area contributed by atoms with Crippen LogP contribution in [0.1, 0.15) is 5.56 Å². The standard InChI is InChI=1S/C16H19N3O5/c20-9-12-15(22)19-7-6-18(8-13(19)14(21)17-12)16(23)24-10-11-4-2-1-3-5-11/h1-5,12-13,20H,6-10H2,(H,17,21)/t12-,13+/m0/s1. The lowest BCUT2D eigenvalue weighted by molar-refractivity contribution is -0.153. The van der Waals surface area contributed by atoms with Crippen LogP contribution in [0.3, 0.4) is 0 Å². The first-order valence-electron chi connectivity index (χ1n) is 7.77. The number of rotatable bonds is 3. The van der Waals surface area contributed by atoms with E-state index in [1.165, 1.54) is 9.80 Å². The van der Waals surface area contributed by atoms with Crippen LogP contribution in [0.15, 0.2) is 30.3 Å². The number of fused-ring (bicyclic) bond motifs is 1. The summed E-state index contributed by atoms with van der Waals surface area (Å²) in [5.41, 5.74) is 0.876. The number of hydrogen-bond acceptors (Lipinski definition) is 5. The van der Waals surface area contributed by atoms with Gasteiger partial charge >= 0.3 is 6.09 Å². The van der Waals surface area contributed by atoms with Gasteiger partial charge in [-0.15, -0.1) is 0 Å². The third-order valence-corrected chi connectivity index (χ3v) is 4.23. The number of hydrogen-bond donors (Lipinski definition) is 2. The van der Waals surface area contributed by atoms with Gasteiger partial charge in [0.1, 0.15) is 18.7 Å². The van der Waals surface area contributed by atoms with Crippen LogP contribution >= 0.6 is 0 Å². The number of carbonyl (C=O) groups excluding carboxylic acids is 3. The van der Waals surface area contributed by atoms with Crippen molar-refractivity contribution in [3.8, 4) is 0 Å². The van der Waals surface area contributed by atoms with Crippen molar-refractivity contribution in [3.63, 3.8) is 0 Å². The molecule has 2 aliphatic rings. The Kier molecular flexibility index (Phi) is 4.66. The molecular weight excluding hydrogens is 314 g/mol. The Balaban J connectivity index is 1.59. The molecule has 0 radical (unpaired) electrons. The smallest absolute Gasteiger partial charge is 0.410 e. The van der Waals surface area contributed by atoms with Crippen molar-refractivity contribution < 1.29 is 24.2 Å². The Morgan fingerprint density at radius 1 is 1.25 bits per heavy atom. The van der Waals surface area contributed by atoms with E-state index >= 15 is 0 Å². The van der Waals surface area contributed by atoms with Crippen molar-refractivity contribution in [1.82, 2.24) is 15.1 Å². The first-order chi connectivity index (χ1) is 11.6. The SMILES string of the molecule is O=C1N[C@@H](CO)C(=O)N2CCN(C(=O)OCc3ccccc3)C[C@H]12. The predicted molar refractivity (Wildman–Crippen MR) is 82.7 cm³/mol. The first-order valence-corrected chi connectivity index (χ1v) is 7.77. The maximum Gasteiger partial charge on any atom is 0.410 e. The third kappa shape index (κ3) is 3.18. The lowest BCUT2D eigenvalue weighted by Gasteiger charge is -2.44. The normalized spacial score (nSPS) is 23.5. The number of nitrogens with one attached hydrogen (secondary N) is 1. The van der Waals surface area contributed by atoms with E-state index in [0.29, 0.717) is 6.54 Å². The molecule has 2 fully saturated rings. The summed E-state index contributed by atoms with van der Waals surface area (Å²) in [5, 5.41) is 11.6. The van der Waals surface area contributed by atoms with Crippen molar-refractivity contribution in [2.45, 2.75) is 18.7 Å². The molecule has 128 valence electrons. The maximum atomic E-state index is 12.2. The molecule has 8 heteroatoms. The van der Waals surface area contributed by atoms with Gasteiger partial charge in [0.2, 0.25) is 11.8 Å². The molecule has 3 rings (SSSR count). The zero-order valence-electron chi connectivity index (χ0n) is 13.1. The predicted octanol–water partition coefficient (Wildman–Crippen LogP) is -0.673. The molecule has 2 saturated heterocycles. The molecule has 0 aromatic heterocycles. The minimum absolute atomic E-state index is 0.0867. The van der Waals surface area contributed by atoms with Gasteiger partial charge in [0.05, 0.1) is 13.2 Å². The van der Waals surface area contributed by atoms with Crippen LogP contribution < -0.4 is 5.32 Å². The van der Waals surface area contributed by atoms with E-state index in [1.807, 2.05) is 30.3 Å². The molecule has 1 aromatic carbocycles. The van der Waals surface area contributed by atoms with E-state index in [1.54, 1.807) is 0 Å². The summed E-state index contributed by atoms with van der Waals surface area (Å²) in [5.74, 6) is -0.686. The number of piperazine rings is 2. The number of aliphatic hydroxyl groups is 1. The Bertz CT molecular complexity index is 636. The van der Waals surface area contributed by atoms with E-state index in [2.05, 4.69) is 5.32 Å². The topological polar surface area (TPSA) is 99.2 Å². The average molecular weight is 333 g/mol. The van der Waals surface area contributed by atoms with Crippen LogP contribution in [-0.2, 0) is 20.9 Å². The van der Waals surface area contributed by atoms with Crippen molar-refractivity contribution in [1.29, 1.82) is 0 Å². The number of amides is 3. The summed E-state index contributed by atoms with van der Waals surface area (Å²) in [6.07, 6.45) is -0.511. The van der Waals surface area contributed by atoms with Gasteiger partial charge in [-0.25, -0.2) is 4.79 Å². The fourth-order valence-electron chi connectivity index (χ4n) is 2.90. The van der Waals surface area contributed by atoms with Gasteiger partial charge in [0.15, 0.2) is 0 Å². The quantitative estimate of drug-likeness (QED) is 0.764. The highest BCUT2D eigenvalue weighted by Crippen LogP contribution is 2.17. The summed E-state index contributed by atoms with van der Waals surface area (Å²) in [4.78, 5) is 39.3. The third-order valence-electron chi connectivity index (χ3n) is 4.23. The monoisotopic (exact) mass is 333 g/mol. The van der Waals surface area contributed by atoms with Gasteiger partial charge < -0.3 is 25.0 Å². The molecule has 0 aliphatic carbocycles. The van der Waals surface area contributed by atoms with Crippen LogP contribution in [0.25, 0.3) is 0 Å². The molecule has 2 heterocycles.